The van der Waals surface area contributed by atoms with Crippen LogP contribution in [0.1, 0.15) is 11.1 Å². The average Bonchev–Trinajstić information content (AvgIpc) is 2.90. The van der Waals surface area contributed by atoms with Gasteiger partial charge in [0.15, 0.2) is 0 Å². The summed E-state index contributed by atoms with van der Waals surface area (Å²) in [4.78, 5) is 14.1. The highest BCUT2D eigenvalue weighted by Gasteiger charge is 2.47. The van der Waals surface area contributed by atoms with Crippen LogP contribution in [0.25, 0.3) is 0 Å². The van der Waals surface area contributed by atoms with E-state index in [0.29, 0.717) is 11.4 Å². The molecule has 3 aromatic carbocycles. The van der Waals surface area contributed by atoms with Crippen LogP contribution in [0.5, 0.6) is 0 Å². The van der Waals surface area contributed by atoms with E-state index in [9.17, 15) is 4.79 Å². The summed E-state index contributed by atoms with van der Waals surface area (Å²) in [6.45, 7) is 0. The number of hydrogen-bond acceptors (Lipinski definition) is 2. The van der Waals surface area contributed by atoms with E-state index < -0.39 is 4.75 Å². The third-order valence-corrected chi connectivity index (χ3v) is 6.04. The van der Waals surface area contributed by atoms with Gasteiger partial charge in [0.25, 0.3) is 0 Å². The highest BCUT2D eigenvalue weighted by Crippen LogP contribution is 2.50. The maximum Gasteiger partial charge on any atom is 0.245 e. The molecule has 4 heteroatoms. The summed E-state index contributed by atoms with van der Waals surface area (Å²) in [7, 11) is 0. The molecule has 1 atom stereocenters. The summed E-state index contributed by atoms with van der Waals surface area (Å²) >= 11 is 7.62. The monoisotopic (exact) mass is 365 g/mol. The molecule has 1 amide bonds. The minimum atomic E-state index is -0.689. The molecule has 0 unspecified atom stereocenters. The topological polar surface area (TPSA) is 29.1 Å². The number of amides is 1. The Morgan fingerprint density at radius 3 is 2.32 bits per heavy atom. The van der Waals surface area contributed by atoms with E-state index in [-0.39, 0.29) is 5.91 Å². The minimum Gasteiger partial charge on any atom is -0.324 e. The predicted octanol–water partition coefficient (Wildman–Crippen LogP) is 5.52. The van der Waals surface area contributed by atoms with Crippen LogP contribution >= 0.6 is 23.4 Å². The maximum absolute atomic E-state index is 13.1. The van der Waals surface area contributed by atoms with Crippen molar-refractivity contribution >= 4 is 35.0 Å². The van der Waals surface area contributed by atoms with Gasteiger partial charge in [-0.2, -0.15) is 0 Å². The Morgan fingerprint density at radius 2 is 1.56 bits per heavy atom. The molecule has 25 heavy (non-hydrogen) atoms. The van der Waals surface area contributed by atoms with Crippen LogP contribution in [-0.4, -0.2) is 5.91 Å². The number of halogens is 1. The van der Waals surface area contributed by atoms with Crippen molar-refractivity contribution in [3.63, 3.8) is 0 Å². The lowest BCUT2D eigenvalue weighted by molar-refractivity contribution is -0.118. The van der Waals surface area contributed by atoms with Crippen molar-refractivity contribution in [2.24, 2.45) is 0 Å². The lowest BCUT2D eigenvalue weighted by atomic mass is 9.92. The van der Waals surface area contributed by atoms with Crippen molar-refractivity contribution in [2.45, 2.75) is 16.1 Å². The lowest BCUT2D eigenvalue weighted by Crippen LogP contribution is -2.33. The fourth-order valence-corrected chi connectivity index (χ4v) is 4.67. The SMILES string of the molecule is O=C1Nc2ccccc2[C@@]1(Cc1ccc(Cl)cc1)Sc1ccccc1. The fraction of sp³-hybridized carbons (Fsp3) is 0.0952. The third kappa shape index (κ3) is 3.06. The summed E-state index contributed by atoms with van der Waals surface area (Å²) < 4.78 is -0.689. The smallest absolute Gasteiger partial charge is 0.245 e. The molecule has 0 saturated heterocycles. The number of anilines is 1. The molecule has 0 bridgehead atoms. The molecule has 2 nitrogen and oxygen atoms in total. The molecule has 0 fully saturated rings. The van der Waals surface area contributed by atoms with Crippen LogP contribution in [0.15, 0.2) is 83.8 Å². The molecule has 1 aliphatic rings. The number of carbonyl (C=O) groups excluding carboxylic acids is 1. The number of thioether (sulfide) groups is 1. The van der Waals surface area contributed by atoms with Gasteiger partial charge in [0.2, 0.25) is 5.91 Å². The molecule has 0 radical (unpaired) electrons. The van der Waals surface area contributed by atoms with Crippen molar-refractivity contribution in [3.05, 3.63) is 95.0 Å². The van der Waals surface area contributed by atoms with Gasteiger partial charge in [0.1, 0.15) is 4.75 Å². The Balaban J connectivity index is 1.81. The standard InChI is InChI=1S/C21H16ClNOS/c22-16-12-10-15(11-13-16)14-21(25-17-6-2-1-3-7-17)18-8-4-5-9-19(18)23-20(21)24/h1-13H,14H2,(H,23,24)/t21-/m1/s1. The second kappa shape index (κ2) is 6.58. The van der Waals surface area contributed by atoms with Crippen LogP contribution in [0.2, 0.25) is 5.02 Å². The van der Waals surface area contributed by atoms with Crippen LogP contribution in [0, 0.1) is 0 Å². The van der Waals surface area contributed by atoms with Crippen molar-refractivity contribution in [1.82, 2.24) is 0 Å². The van der Waals surface area contributed by atoms with Gasteiger partial charge in [-0.05, 0) is 35.9 Å². The van der Waals surface area contributed by atoms with Gasteiger partial charge in [-0.25, -0.2) is 0 Å². The minimum absolute atomic E-state index is 0.0255. The van der Waals surface area contributed by atoms with E-state index in [0.717, 1.165) is 21.7 Å². The molecular formula is C21H16ClNOS. The molecule has 124 valence electrons. The average molecular weight is 366 g/mol. The normalized spacial score (nSPS) is 18.7. The van der Waals surface area contributed by atoms with Gasteiger partial charge in [-0.1, -0.05) is 60.1 Å². The van der Waals surface area contributed by atoms with Crippen LogP contribution in [0.3, 0.4) is 0 Å². The molecule has 4 rings (SSSR count). The molecular weight excluding hydrogens is 350 g/mol. The predicted molar refractivity (Wildman–Crippen MR) is 104 cm³/mol. The summed E-state index contributed by atoms with van der Waals surface area (Å²) in [5.41, 5.74) is 3.01. The van der Waals surface area contributed by atoms with E-state index in [2.05, 4.69) is 5.32 Å². The molecule has 1 N–H and O–H groups in total. The lowest BCUT2D eigenvalue weighted by Gasteiger charge is -2.27. The molecule has 3 aromatic rings. The quantitative estimate of drug-likeness (QED) is 0.659. The Hall–Kier alpha value is -2.23. The van der Waals surface area contributed by atoms with Gasteiger partial charge in [0.05, 0.1) is 0 Å². The van der Waals surface area contributed by atoms with Crippen LogP contribution < -0.4 is 5.32 Å². The number of nitrogens with one attached hydrogen (secondary N) is 1. The van der Waals surface area contributed by atoms with Gasteiger partial charge in [-0.3, -0.25) is 4.79 Å². The van der Waals surface area contributed by atoms with Gasteiger partial charge in [0, 0.05) is 27.6 Å². The number of rotatable bonds is 4. The Kier molecular flexibility index (Phi) is 4.28. The van der Waals surface area contributed by atoms with Crippen LogP contribution in [-0.2, 0) is 16.0 Å². The number of carbonyl (C=O) groups is 1. The largest absolute Gasteiger partial charge is 0.324 e. The zero-order chi connectivity index (χ0) is 17.3. The van der Waals surface area contributed by atoms with Crippen molar-refractivity contribution < 1.29 is 4.79 Å². The Morgan fingerprint density at radius 1 is 0.880 bits per heavy atom. The van der Waals surface area contributed by atoms with E-state index in [4.69, 9.17) is 11.6 Å². The van der Waals surface area contributed by atoms with Crippen molar-refractivity contribution in [1.29, 1.82) is 0 Å². The molecule has 0 aliphatic carbocycles. The Bertz CT molecular complexity index is 911. The molecule has 0 spiro atoms. The zero-order valence-electron chi connectivity index (χ0n) is 13.4. The maximum atomic E-state index is 13.1. The summed E-state index contributed by atoms with van der Waals surface area (Å²) in [5.74, 6) is 0.0255. The zero-order valence-corrected chi connectivity index (χ0v) is 15.0. The second-order valence-electron chi connectivity index (χ2n) is 6.05. The number of para-hydroxylation sites is 1. The summed E-state index contributed by atoms with van der Waals surface area (Å²) in [5, 5.41) is 3.75. The number of hydrogen-bond donors (Lipinski definition) is 1. The van der Waals surface area contributed by atoms with Crippen molar-refractivity contribution in [3.8, 4) is 0 Å². The molecule has 0 aromatic heterocycles. The van der Waals surface area contributed by atoms with E-state index in [1.54, 1.807) is 11.8 Å². The fourth-order valence-electron chi connectivity index (χ4n) is 3.18. The van der Waals surface area contributed by atoms with Crippen molar-refractivity contribution in [2.75, 3.05) is 5.32 Å². The third-order valence-electron chi connectivity index (χ3n) is 4.38. The van der Waals surface area contributed by atoms with E-state index in [1.807, 2.05) is 78.9 Å². The molecule has 1 heterocycles. The van der Waals surface area contributed by atoms with Gasteiger partial charge >= 0.3 is 0 Å². The first kappa shape index (κ1) is 16.2. The van der Waals surface area contributed by atoms with E-state index >= 15 is 0 Å². The highest BCUT2D eigenvalue weighted by atomic mass is 35.5. The summed E-state index contributed by atoms with van der Waals surface area (Å²) in [6, 6.07) is 25.7. The Labute approximate surface area is 156 Å². The number of benzene rings is 3. The number of fused-ring (bicyclic) bond motifs is 1. The molecule has 0 saturated carbocycles. The van der Waals surface area contributed by atoms with Gasteiger partial charge in [-0.15, -0.1) is 11.8 Å². The van der Waals surface area contributed by atoms with E-state index in [1.165, 1.54) is 0 Å². The first-order chi connectivity index (χ1) is 12.2. The highest BCUT2D eigenvalue weighted by molar-refractivity contribution is 8.01. The van der Waals surface area contributed by atoms with Gasteiger partial charge < -0.3 is 5.32 Å². The first-order valence-electron chi connectivity index (χ1n) is 8.07. The second-order valence-corrected chi connectivity index (χ2v) is 7.85. The first-order valence-corrected chi connectivity index (χ1v) is 9.26. The molecule has 1 aliphatic heterocycles. The summed E-state index contributed by atoms with van der Waals surface area (Å²) in [6.07, 6.45) is 0.604. The van der Waals surface area contributed by atoms with Crippen LogP contribution in [0.4, 0.5) is 5.69 Å².